The molecule has 16 rings (SSSR count). The van der Waals surface area contributed by atoms with E-state index in [1.807, 2.05) is 212 Å². The van der Waals surface area contributed by atoms with Crippen LogP contribution in [-0.4, -0.2) is 202 Å². The molecule has 28 nitrogen and oxygen atoms in total. The van der Waals surface area contributed by atoms with Gasteiger partial charge in [-0.1, -0.05) is 187 Å². The van der Waals surface area contributed by atoms with Crippen molar-refractivity contribution in [1.29, 1.82) is 0 Å². The molecule has 4 aliphatic heterocycles. The van der Waals surface area contributed by atoms with Gasteiger partial charge >= 0.3 is 0 Å². The van der Waals surface area contributed by atoms with Crippen molar-refractivity contribution >= 4 is 92.1 Å². The van der Waals surface area contributed by atoms with Crippen LogP contribution >= 0.6 is 45.3 Å². The number of thiazole rings is 4. The first kappa shape index (κ1) is 100. The van der Waals surface area contributed by atoms with E-state index in [0.29, 0.717) is 90.8 Å². The quantitative estimate of drug-likeness (QED) is 0.0313. The Bertz CT molecular complexity index is 5870. The zero-order chi connectivity index (χ0) is 95.9. The lowest BCUT2D eigenvalue weighted by molar-refractivity contribution is -0.141. The Kier molecular flexibility index (Phi) is 33.9. The van der Waals surface area contributed by atoms with E-state index < -0.39 is 77.7 Å². The number of rotatable bonds is 31. The van der Waals surface area contributed by atoms with E-state index in [0.717, 1.165) is 64.0 Å². The van der Waals surface area contributed by atoms with Gasteiger partial charge in [0.1, 0.15) is 40.8 Å². The first-order valence-electron chi connectivity index (χ1n) is 45.8. The number of carbonyl (C=O) groups excluding carboxylic acids is 8. The van der Waals surface area contributed by atoms with Crippen molar-refractivity contribution in [1.82, 2.24) is 60.2 Å². The Morgan fingerprint density at radius 3 is 0.948 bits per heavy atom. The van der Waals surface area contributed by atoms with Gasteiger partial charge in [-0.15, -0.1) is 45.3 Å². The third-order valence-corrected chi connectivity index (χ3v) is 28.6. The molecular weight excluding hydrogens is 1780 g/mol. The van der Waals surface area contributed by atoms with Crippen molar-refractivity contribution in [3.63, 3.8) is 0 Å². The summed E-state index contributed by atoms with van der Waals surface area (Å²) < 4.78 is 21.6. The van der Waals surface area contributed by atoms with E-state index in [4.69, 9.17) is 18.1 Å². The number of β-amino-alcohol motifs (C(OH)–C–C–N with tert-alkyl or cyclic N) is 4. The molecule has 708 valence electrons. The van der Waals surface area contributed by atoms with E-state index >= 15 is 0 Å². The first-order chi connectivity index (χ1) is 64.1. The zero-order valence-corrected chi connectivity index (χ0v) is 81.5. The minimum atomic E-state index is -0.714. The minimum absolute atomic E-state index is 0.00148. The van der Waals surface area contributed by atoms with Crippen LogP contribution in [0, 0.1) is 44.9 Å². The molecule has 0 aliphatic carbocycles. The maximum atomic E-state index is 13.7. The summed E-state index contributed by atoms with van der Waals surface area (Å²) in [6, 6.07) is 37.2. The number of aliphatic hydroxyl groups is 4. The summed E-state index contributed by atoms with van der Waals surface area (Å²) in [5.74, 6) is -1.14. The summed E-state index contributed by atoms with van der Waals surface area (Å²) in [6.07, 6.45) is 8.53. The number of nitrogens with zero attached hydrogens (tertiary/aromatic N) is 12. The summed E-state index contributed by atoms with van der Waals surface area (Å²) >= 11 is 6.35. The molecule has 134 heavy (non-hydrogen) atoms. The number of benzene rings is 4. The van der Waals surface area contributed by atoms with E-state index in [-0.39, 0.29) is 122 Å². The van der Waals surface area contributed by atoms with Crippen LogP contribution in [0.3, 0.4) is 0 Å². The molecule has 32 heteroatoms. The molecule has 4 saturated heterocycles. The number of aryl methyl sites for hydroxylation is 6. The molecule has 0 unspecified atom stereocenters. The molecule has 4 aliphatic rings. The van der Waals surface area contributed by atoms with Crippen LogP contribution in [0.5, 0.6) is 0 Å². The van der Waals surface area contributed by atoms with E-state index in [9.17, 15) is 58.8 Å². The fourth-order valence-corrected chi connectivity index (χ4v) is 20.7. The van der Waals surface area contributed by atoms with Crippen LogP contribution < -0.4 is 0 Å². The van der Waals surface area contributed by atoms with Gasteiger partial charge in [0.2, 0.25) is 23.6 Å². The topological polar surface area (TPSA) is 386 Å². The highest BCUT2D eigenvalue weighted by Crippen LogP contribution is 2.42. The van der Waals surface area contributed by atoms with Gasteiger partial charge in [-0.05, 0) is 121 Å². The third kappa shape index (κ3) is 25.0. The van der Waals surface area contributed by atoms with Gasteiger partial charge in [-0.3, -0.25) is 58.3 Å². The highest BCUT2D eigenvalue weighted by atomic mass is 32.1. The Balaban J connectivity index is 0.000000152. The summed E-state index contributed by atoms with van der Waals surface area (Å²) in [5, 5.41) is 57.0. The molecule has 0 radical (unpaired) electrons. The number of ketones is 4. The standard InChI is InChI=1S/2C26H31N3O4S.2C25H29N3O4S/c1-16-11-22(33-28-16)24(26(2,3)4)25(32)29-14-19(30)12-20(29)21(31)10-7-17-5-8-18(9-6-17)23-13-27-15-34-23;1-15(2)25(23-10-17(4)28-33-23)26(32)29-13-20(30)11-21(29)22(31)9-16(3)18-5-7-19(8-6-18)24-12-27-14-34-24;1-15(2)24(22-10-16(3)27-32-22)25(31)28-13-19(29)11-20(28)21(30)9-6-17-4-7-18(8-5-17)23-12-26-14-33-23;1-4-20(23-10-16(3)27-32-23)25(31)28-13-19(29)11-21(28)22(30)9-15(2)17-5-7-18(8-6-17)24-12-26-14-33-24/h5-6,8-9,11,13,15,19-20,24,30H,7,10,12,14H2,1-4H3;5-8,10,12,14-16,20-21,25,30H,9,11,13H2,1-4H3;4-5,7-8,10,12,14-15,19-20,24,29H,6,9,11,13H2,1-3H3;5-8,10,12,14-15,19-21,29H,4,9,11,13H2,1-3H3/t19-,20+,24-;16-,20-,21+,25-;19-,20+,24-;15-,19-,20-,21+/m1111/s1. The molecule has 14 atom stereocenters. The van der Waals surface area contributed by atoms with Gasteiger partial charge in [0.05, 0.1) is 119 Å². The number of hydrogen-bond acceptors (Lipinski definition) is 28. The summed E-state index contributed by atoms with van der Waals surface area (Å²) in [6.45, 7) is 27.5. The maximum Gasteiger partial charge on any atom is 0.234 e. The third-order valence-electron chi connectivity index (χ3n) is 25.3. The summed E-state index contributed by atoms with van der Waals surface area (Å²) in [7, 11) is 0. The Morgan fingerprint density at radius 2 is 0.672 bits per heavy atom. The zero-order valence-electron chi connectivity index (χ0n) is 78.2. The second-order valence-electron chi connectivity index (χ2n) is 37.4. The van der Waals surface area contributed by atoms with Crippen LogP contribution in [0.15, 0.2) is 186 Å². The number of hydrogen-bond donors (Lipinski definition) is 4. The van der Waals surface area contributed by atoms with Crippen molar-refractivity contribution in [2.45, 2.75) is 252 Å². The van der Waals surface area contributed by atoms with Crippen molar-refractivity contribution in [3.8, 4) is 41.8 Å². The highest BCUT2D eigenvalue weighted by molar-refractivity contribution is 7.14. The lowest BCUT2D eigenvalue weighted by Crippen LogP contribution is -2.45. The monoisotopic (exact) mass is 1900 g/mol. The molecule has 12 aromatic rings. The molecule has 0 spiro atoms. The summed E-state index contributed by atoms with van der Waals surface area (Å²) in [5.41, 5.74) is 18.3. The van der Waals surface area contributed by atoms with Crippen molar-refractivity contribution in [2.24, 2.45) is 17.3 Å². The average Bonchev–Trinajstić information content (AvgIpc) is 1.62. The molecule has 0 bridgehead atoms. The summed E-state index contributed by atoms with van der Waals surface area (Å²) in [4.78, 5) is 134. The number of likely N-dealkylation sites (tertiary alicyclic amines) is 4. The molecule has 4 aromatic carbocycles. The van der Waals surface area contributed by atoms with Crippen molar-refractivity contribution in [3.05, 3.63) is 236 Å². The predicted molar refractivity (Wildman–Crippen MR) is 513 cm³/mol. The van der Waals surface area contributed by atoms with E-state index in [1.165, 1.54) is 0 Å². The van der Waals surface area contributed by atoms with Gasteiger partial charge in [-0.2, -0.15) is 0 Å². The van der Waals surface area contributed by atoms with Gasteiger partial charge in [0.25, 0.3) is 0 Å². The fourth-order valence-electron chi connectivity index (χ4n) is 18.2. The van der Waals surface area contributed by atoms with Crippen LogP contribution in [-0.2, 0) is 51.2 Å². The Morgan fingerprint density at radius 1 is 0.388 bits per heavy atom. The van der Waals surface area contributed by atoms with Crippen molar-refractivity contribution in [2.75, 3.05) is 26.2 Å². The second-order valence-corrected chi connectivity index (χ2v) is 41.0. The number of carbonyl (C=O) groups is 8. The van der Waals surface area contributed by atoms with Gasteiger partial charge in [0, 0.05) is 127 Å². The normalized spacial score (nSPS) is 19.7. The molecular formula is C102H120N12O16S4. The SMILES string of the molecule is CC[C@@H](C(=O)N1C[C@H](O)C[C@H]1C(=O)C[C@@H](C)c1ccc(-c2cncs2)cc1)c1cc(C)no1.Cc1cc([C@H](C(=O)N2C[C@H](O)C[C@H]2C(=O)CCc2ccc(-c3cncs3)cc2)C(C)(C)C)on1.Cc1cc([C@H](C(=O)N2C[C@H](O)C[C@H]2C(=O)CCc2ccc(-c3cncs3)cc2)C(C)C)on1.Cc1cc([C@H](C(=O)N2C[C@H](O)C[C@H]2C(=O)C[C@@H](C)c2ccc(-c3cncs3)cc2)C(C)C)on1. The minimum Gasteiger partial charge on any atom is -0.391 e. The van der Waals surface area contributed by atoms with Crippen LogP contribution in [0.25, 0.3) is 41.8 Å². The number of aromatic nitrogens is 8. The average molecular weight is 1900 g/mol. The number of Topliss-reactive ketones (excluding diaryl/α,β-unsaturated/α-hetero) is 4. The molecule has 12 heterocycles. The van der Waals surface area contributed by atoms with Gasteiger partial charge < -0.3 is 58.1 Å². The van der Waals surface area contributed by atoms with Crippen LogP contribution in [0.2, 0.25) is 0 Å². The van der Waals surface area contributed by atoms with Gasteiger partial charge in [0.15, 0.2) is 23.1 Å². The predicted octanol–water partition coefficient (Wildman–Crippen LogP) is 17.3. The fraction of sp³-hybridized carbons (Fsp3) is 0.451. The number of amides is 4. The maximum absolute atomic E-state index is 13.7. The first-order valence-corrected chi connectivity index (χ1v) is 49.3. The van der Waals surface area contributed by atoms with Crippen LogP contribution in [0.4, 0.5) is 0 Å². The van der Waals surface area contributed by atoms with E-state index in [1.54, 1.807) is 118 Å². The second kappa shape index (κ2) is 45.3. The Labute approximate surface area is 797 Å². The molecule has 0 saturated carbocycles. The Hall–Kier alpha value is -11.4. The van der Waals surface area contributed by atoms with E-state index in [2.05, 4.69) is 40.6 Å². The molecule has 4 fully saturated rings. The van der Waals surface area contributed by atoms with Crippen molar-refractivity contribution < 1.29 is 76.9 Å². The lowest BCUT2D eigenvalue weighted by Gasteiger charge is -2.33. The highest BCUT2D eigenvalue weighted by Gasteiger charge is 2.49. The van der Waals surface area contributed by atoms with Crippen LogP contribution in [0.1, 0.15) is 231 Å². The molecule has 4 amide bonds. The smallest absolute Gasteiger partial charge is 0.234 e. The largest absolute Gasteiger partial charge is 0.391 e. The lowest BCUT2D eigenvalue weighted by atomic mass is 9.78. The molecule has 4 N–H and O–H groups in total. The van der Waals surface area contributed by atoms with Gasteiger partial charge in [-0.25, -0.2) is 0 Å². The number of aliphatic hydroxyl groups excluding tert-OH is 4. The molecule has 8 aromatic heterocycles.